The second-order valence-corrected chi connectivity index (χ2v) is 7.76. The summed E-state index contributed by atoms with van der Waals surface area (Å²) in [6.45, 7) is -0.0465. The van der Waals surface area contributed by atoms with Crippen LogP contribution in [0.3, 0.4) is 0 Å². The number of hydrogen-bond acceptors (Lipinski definition) is 6. The van der Waals surface area contributed by atoms with Crippen molar-refractivity contribution >= 4 is 18.0 Å². The highest BCUT2D eigenvalue weighted by molar-refractivity contribution is 5.85. The molecule has 32 heavy (non-hydrogen) atoms. The predicted molar refractivity (Wildman–Crippen MR) is 117 cm³/mol. The van der Waals surface area contributed by atoms with Crippen LogP contribution in [0.2, 0.25) is 0 Å². The molecule has 1 aliphatic rings. The van der Waals surface area contributed by atoms with Crippen molar-refractivity contribution in [3.05, 3.63) is 59.7 Å². The van der Waals surface area contributed by atoms with Gasteiger partial charge in [-0.25, -0.2) is 15.1 Å². The van der Waals surface area contributed by atoms with Crippen LogP contribution in [-0.2, 0) is 19.2 Å². The number of hydrogen-bond donors (Lipinski definition) is 3. The highest BCUT2D eigenvalue weighted by Gasteiger charge is 2.29. The zero-order chi connectivity index (χ0) is 23.1. The number of alkyl carbamates (subject to hydrolysis) is 1. The van der Waals surface area contributed by atoms with Crippen LogP contribution in [0.25, 0.3) is 11.1 Å². The molecule has 0 saturated carbocycles. The zero-order valence-corrected chi connectivity index (χ0v) is 18.0. The standard InChI is InChI=1S/C23H27N3O6/c1-26(2)12-11-20(22(29)25-32-14-21(27)28)24-23(30)31-13-19-17-9-5-3-7-15(17)16-8-4-6-10-18(16)19/h3-10,19-20H,11-14H2,1-2H3,(H,24,30)(H,25,29)(H,27,28). The van der Waals surface area contributed by atoms with Crippen molar-refractivity contribution in [1.29, 1.82) is 0 Å². The lowest BCUT2D eigenvalue weighted by molar-refractivity contribution is -0.150. The molecule has 0 radical (unpaired) electrons. The van der Waals surface area contributed by atoms with E-state index in [9.17, 15) is 14.4 Å². The van der Waals surface area contributed by atoms with Gasteiger partial charge in [-0.15, -0.1) is 0 Å². The lowest BCUT2D eigenvalue weighted by atomic mass is 9.98. The predicted octanol–water partition coefficient (Wildman–Crippen LogP) is 1.98. The van der Waals surface area contributed by atoms with Crippen molar-refractivity contribution in [3.8, 4) is 11.1 Å². The summed E-state index contributed by atoms with van der Waals surface area (Å²) in [5, 5.41) is 11.2. The van der Waals surface area contributed by atoms with Crippen LogP contribution in [0.15, 0.2) is 48.5 Å². The van der Waals surface area contributed by atoms with Gasteiger partial charge in [0.25, 0.3) is 5.91 Å². The van der Waals surface area contributed by atoms with E-state index in [1.807, 2.05) is 67.5 Å². The molecule has 9 heteroatoms. The topological polar surface area (TPSA) is 117 Å². The molecule has 170 valence electrons. The Bertz CT molecular complexity index is 932. The molecule has 9 nitrogen and oxygen atoms in total. The minimum Gasteiger partial charge on any atom is -0.479 e. The van der Waals surface area contributed by atoms with Crippen LogP contribution in [-0.4, -0.2) is 67.9 Å². The smallest absolute Gasteiger partial charge is 0.407 e. The summed E-state index contributed by atoms with van der Waals surface area (Å²) in [5.74, 6) is -1.97. The number of nitrogens with one attached hydrogen (secondary N) is 2. The quantitative estimate of drug-likeness (QED) is 0.483. The highest BCUT2D eigenvalue weighted by atomic mass is 16.7. The highest BCUT2D eigenvalue weighted by Crippen LogP contribution is 2.44. The van der Waals surface area contributed by atoms with Crippen LogP contribution in [0.5, 0.6) is 0 Å². The molecule has 0 aliphatic heterocycles. The molecule has 3 rings (SSSR count). The molecular weight excluding hydrogens is 414 g/mol. The van der Waals surface area contributed by atoms with Gasteiger partial charge in [0.1, 0.15) is 12.6 Å². The number of ether oxygens (including phenoxy) is 1. The molecule has 1 aliphatic carbocycles. The molecule has 0 aromatic heterocycles. The van der Waals surface area contributed by atoms with E-state index in [1.54, 1.807) is 0 Å². The Labute approximate surface area is 186 Å². The van der Waals surface area contributed by atoms with E-state index < -0.39 is 30.6 Å². The number of carboxylic acid groups (broad SMARTS) is 1. The molecule has 0 spiro atoms. The molecule has 1 atom stereocenters. The van der Waals surface area contributed by atoms with E-state index in [0.29, 0.717) is 13.0 Å². The summed E-state index contributed by atoms with van der Waals surface area (Å²) in [5.41, 5.74) is 6.48. The third-order valence-corrected chi connectivity index (χ3v) is 5.19. The summed E-state index contributed by atoms with van der Waals surface area (Å²) in [7, 11) is 3.67. The second kappa shape index (κ2) is 10.7. The summed E-state index contributed by atoms with van der Waals surface area (Å²) in [4.78, 5) is 41.9. The maximum Gasteiger partial charge on any atom is 0.407 e. The van der Waals surface area contributed by atoms with Gasteiger partial charge in [0.2, 0.25) is 0 Å². The van der Waals surface area contributed by atoms with Crippen LogP contribution in [0, 0.1) is 0 Å². The fourth-order valence-electron chi connectivity index (χ4n) is 3.68. The Morgan fingerprint density at radius 1 is 1.03 bits per heavy atom. The average molecular weight is 441 g/mol. The Kier molecular flexibility index (Phi) is 7.80. The first kappa shape index (κ1) is 23.2. The number of hydroxylamine groups is 1. The second-order valence-electron chi connectivity index (χ2n) is 7.76. The van der Waals surface area contributed by atoms with Gasteiger partial charge in [0.05, 0.1) is 0 Å². The first-order valence-electron chi connectivity index (χ1n) is 10.3. The lowest BCUT2D eigenvalue weighted by Gasteiger charge is -2.20. The number of aliphatic carboxylic acids is 1. The Morgan fingerprint density at radius 3 is 2.19 bits per heavy atom. The van der Waals surface area contributed by atoms with Crippen LogP contribution < -0.4 is 10.8 Å². The lowest BCUT2D eigenvalue weighted by Crippen LogP contribution is -2.48. The molecule has 2 amide bonds. The van der Waals surface area contributed by atoms with Crippen LogP contribution >= 0.6 is 0 Å². The van der Waals surface area contributed by atoms with Crippen LogP contribution in [0.1, 0.15) is 23.5 Å². The molecular formula is C23H27N3O6. The maximum absolute atomic E-state index is 12.5. The Hall–Kier alpha value is -3.43. The number of carboxylic acids is 1. The van der Waals surface area contributed by atoms with Gasteiger partial charge >= 0.3 is 12.1 Å². The first-order valence-corrected chi connectivity index (χ1v) is 10.3. The zero-order valence-electron chi connectivity index (χ0n) is 18.0. The van der Waals surface area contributed by atoms with Gasteiger partial charge in [0.15, 0.2) is 6.61 Å². The van der Waals surface area contributed by atoms with Crippen molar-refractivity contribution in [2.24, 2.45) is 0 Å². The van der Waals surface area contributed by atoms with E-state index in [0.717, 1.165) is 22.3 Å². The Balaban J connectivity index is 1.62. The first-order chi connectivity index (χ1) is 15.4. The van der Waals surface area contributed by atoms with Crippen molar-refractivity contribution in [3.63, 3.8) is 0 Å². The molecule has 0 bridgehead atoms. The summed E-state index contributed by atoms with van der Waals surface area (Å²) < 4.78 is 5.49. The van der Waals surface area contributed by atoms with E-state index >= 15 is 0 Å². The molecule has 0 saturated heterocycles. The van der Waals surface area contributed by atoms with Gasteiger partial charge in [0, 0.05) is 5.92 Å². The van der Waals surface area contributed by atoms with Crippen molar-refractivity contribution < 1.29 is 29.1 Å². The number of amides is 2. The molecule has 1 unspecified atom stereocenters. The minimum atomic E-state index is -1.22. The fraction of sp³-hybridized carbons (Fsp3) is 0.348. The number of benzene rings is 2. The molecule has 0 heterocycles. The third-order valence-electron chi connectivity index (χ3n) is 5.19. The summed E-state index contributed by atoms with van der Waals surface area (Å²) in [6, 6.07) is 15.1. The van der Waals surface area contributed by atoms with E-state index in [2.05, 4.69) is 15.6 Å². The number of carbonyl (C=O) groups is 3. The monoisotopic (exact) mass is 441 g/mol. The summed E-state index contributed by atoms with van der Waals surface area (Å²) in [6.07, 6.45) is -0.441. The van der Waals surface area contributed by atoms with Crippen molar-refractivity contribution in [2.45, 2.75) is 18.4 Å². The molecule has 3 N–H and O–H groups in total. The number of carbonyl (C=O) groups excluding carboxylic acids is 2. The third kappa shape index (κ3) is 5.83. The number of nitrogens with zero attached hydrogens (tertiary/aromatic N) is 1. The van der Waals surface area contributed by atoms with Crippen LogP contribution in [0.4, 0.5) is 4.79 Å². The SMILES string of the molecule is CN(C)CCC(NC(=O)OCC1c2ccccc2-c2ccccc21)C(=O)NOCC(=O)O. The number of rotatable bonds is 10. The minimum absolute atomic E-state index is 0.0962. The van der Waals surface area contributed by atoms with Gasteiger partial charge < -0.3 is 20.1 Å². The van der Waals surface area contributed by atoms with Gasteiger partial charge in [-0.1, -0.05) is 48.5 Å². The molecule has 0 fully saturated rings. The van der Waals surface area contributed by atoms with Gasteiger partial charge in [-0.3, -0.25) is 9.63 Å². The van der Waals surface area contributed by atoms with Crippen molar-refractivity contribution in [2.75, 3.05) is 33.9 Å². The van der Waals surface area contributed by atoms with E-state index in [1.165, 1.54) is 0 Å². The van der Waals surface area contributed by atoms with E-state index in [-0.39, 0.29) is 12.5 Å². The molecule has 2 aromatic carbocycles. The largest absolute Gasteiger partial charge is 0.479 e. The average Bonchev–Trinajstić information content (AvgIpc) is 3.08. The van der Waals surface area contributed by atoms with Gasteiger partial charge in [-0.2, -0.15) is 0 Å². The maximum atomic E-state index is 12.5. The Morgan fingerprint density at radius 2 is 1.62 bits per heavy atom. The molecule has 2 aromatic rings. The van der Waals surface area contributed by atoms with E-state index in [4.69, 9.17) is 9.84 Å². The number of fused-ring (bicyclic) bond motifs is 3. The van der Waals surface area contributed by atoms with Crippen molar-refractivity contribution in [1.82, 2.24) is 15.7 Å². The normalized spacial score (nSPS) is 13.2. The summed E-state index contributed by atoms with van der Waals surface area (Å²) >= 11 is 0. The van der Waals surface area contributed by atoms with Gasteiger partial charge in [-0.05, 0) is 49.3 Å². The fourth-order valence-corrected chi connectivity index (χ4v) is 3.68.